The first kappa shape index (κ1) is 11.3. The van der Waals surface area contributed by atoms with Crippen LogP contribution in [-0.2, 0) is 4.74 Å². The van der Waals surface area contributed by atoms with Crippen molar-refractivity contribution in [2.24, 2.45) is 0 Å². The lowest BCUT2D eigenvalue weighted by molar-refractivity contribution is -0.0309. The van der Waals surface area contributed by atoms with Crippen molar-refractivity contribution in [3.63, 3.8) is 0 Å². The van der Waals surface area contributed by atoms with Crippen LogP contribution in [0.15, 0.2) is 0 Å². The van der Waals surface area contributed by atoms with Crippen LogP contribution in [0.25, 0.3) is 0 Å². The Morgan fingerprint density at radius 1 is 1.57 bits per heavy atom. The van der Waals surface area contributed by atoms with Crippen LogP contribution >= 0.6 is 0 Å². The van der Waals surface area contributed by atoms with Gasteiger partial charge in [-0.25, -0.2) is 4.79 Å². The minimum Gasteiger partial charge on any atom is -0.378 e. The molecule has 82 valence electrons. The van der Waals surface area contributed by atoms with Gasteiger partial charge in [0.2, 0.25) is 0 Å². The summed E-state index contributed by atoms with van der Waals surface area (Å²) in [6.07, 6.45) is 4.14. The molecule has 4 nitrogen and oxygen atoms in total. The molecule has 1 rings (SSSR count). The predicted octanol–water partition coefficient (Wildman–Crippen LogP) is 1.26. The van der Waals surface area contributed by atoms with Gasteiger partial charge in [-0.15, -0.1) is 0 Å². The van der Waals surface area contributed by atoms with Gasteiger partial charge in [0, 0.05) is 20.2 Å². The lowest BCUT2D eigenvalue weighted by Gasteiger charge is -2.37. The number of methoxy groups -OCH3 is 1. The quantitative estimate of drug-likeness (QED) is 0.705. The molecule has 4 heteroatoms. The smallest absolute Gasteiger partial charge is 0.314 e. The fourth-order valence-corrected chi connectivity index (χ4v) is 2.01. The van der Waals surface area contributed by atoms with E-state index in [1.165, 1.54) is 0 Å². The van der Waals surface area contributed by atoms with Gasteiger partial charge in [0.05, 0.1) is 5.60 Å². The summed E-state index contributed by atoms with van der Waals surface area (Å²) in [6.45, 7) is 2.10. The molecule has 0 aromatic rings. The van der Waals surface area contributed by atoms with Crippen LogP contribution < -0.4 is 10.6 Å². The van der Waals surface area contributed by atoms with Gasteiger partial charge >= 0.3 is 6.03 Å². The van der Waals surface area contributed by atoms with Crippen LogP contribution in [-0.4, -0.2) is 31.8 Å². The summed E-state index contributed by atoms with van der Waals surface area (Å²) in [7, 11) is 3.37. The number of rotatable bonds is 2. The van der Waals surface area contributed by atoms with Crippen LogP contribution in [0.3, 0.4) is 0 Å². The van der Waals surface area contributed by atoms with Crippen LogP contribution in [0.5, 0.6) is 0 Å². The standard InChI is InChI=1S/C10H20N2O2/c1-10(14-3)6-4-5-8(7-10)12-9(13)11-2/h8H,4-7H2,1-3H3,(H2,11,12,13)/t8-,10-/m0/s1. The van der Waals surface area contributed by atoms with Gasteiger partial charge in [-0.1, -0.05) is 0 Å². The lowest BCUT2D eigenvalue weighted by atomic mass is 9.83. The maximum absolute atomic E-state index is 11.1. The molecule has 0 radical (unpaired) electrons. The first-order chi connectivity index (χ1) is 6.59. The molecule has 2 atom stereocenters. The molecule has 0 unspecified atom stereocenters. The van der Waals surface area contributed by atoms with Crippen molar-refractivity contribution in [3.8, 4) is 0 Å². The normalized spacial score (nSPS) is 32.4. The molecule has 2 amide bonds. The Morgan fingerprint density at radius 3 is 2.86 bits per heavy atom. The Labute approximate surface area is 85.4 Å². The third-order valence-corrected chi connectivity index (χ3v) is 2.99. The van der Waals surface area contributed by atoms with Crippen LogP contribution in [0.4, 0.5) is 4.79 Å². The van der Waals surface area contributed by atoms with Gasteiger partial charge < -0.3 is 15.4 Å². The summed E-state index contributed by atoms with van der Waals surface area (Å²) >= 11 is 0. The Morgan fingerprint density at radius 2 is 2.29 bits per heavy atom. The monoisotopic (exact) mass is 200 g/mol. The number of carbonyl (C=O) groups is 1. The minimum atomic E-state index is -0.102. The van der Waals surface area contributed by atoms with E-state index in [9.17, 15) is 4.79 Å². The molecule has 14 heavy (non-hydrogen) atoms. The van der Waals surface area contributed by atoms with Crippen molar-refractivity contribution < 1.29 is 9.53 Å². The van der Waals surface area contributed by atoms with Crippen molar-refractivity contribution >= 4 is 6.03 Å². The van der Waals surface area contributed by atoms with Crippen LogP contribution in [0.1, 0.15) is 32.6 Å². The highest BCUT2D eigenvalue weighted by atomic mass is 16.5. The summed E-state index contributed by atoms with van der Waals surface area (Å²) in [4.78, 5) is 11.1. The second-order valence-electron chi connectivity index (χ2n) is 4.17. The molecular formula is C10H20N2O2. The van der Waals surface area contributed by atoms with Gasteiger partial charge in [0.1, 0.15) is 0 Å². The molecule has 0 bridgehead atoms. The molecule has 0 aromatic heterocycles. The maximum Gasteiger partial charge on any atom is 0.314 e. The molecule has 0 aromatic carbocycles. The Kier molecular flexibility index (Phi) is 3.75. The van der Waals surface area contributed by atoms with E-state index in [2.05, 4.69) is 17.6 Å². The zero-order valence-electron chi connectivity index (χ0n) is 9.22. The van der Waals surface area contributed by atoms with E-state index in [1.807, 2.05) is 0 Å². The minimum absolute atomic E-state index is 0.0655. The van der Waals surface area contributed by atoms with Crippen LogP contribution in [0, 0.1) is 0 Å². The summed E-state index contributed by atoms with van der Waals surface area (Å²) in [5, 5.41) is 5.49. The van der Waals surface area contributed by atoms with Crippen molar-refractivity contribution in [1.29, 1.82) is 0 Å². The molecular weight excluding hydrogens is 180 g/mol. The first-order valence-electron chi connectivity index (χ1n) is 5.13. The number of hydrogen-bond donors (Lipinski definition) is 2. The Hall–Kier alpha value is -0.770. The number of hydrogen-bond acceptors (Lipinski definition) is 2. The van der Waals surface area contributed by atoms with Crippen molar-refractivity contribution in [2.45, 2.75) is 44.2 Å². The third kappa shape index (κ3) is 2.87. The summed E-state index contributed by atoms with van der Waals surface area (Å²) in [6, 6.07) is 0.143. The van der Waals surface area contributed by atoms with Gasteiger partial charge in [0.25, 0.3) is 0 Å². The number of carbonyl (C=O) groups excluding carboxylic acids is 1. The lowest BCUT2D eigenvalue weighted by Crippen LogP contribution is -2.47. The molecule has 1 saturated carbocycles. The van der Waals surface area contributed by atoms with Gasteiger partial charge in [-0.05, 0) is 32.6 Å². The molecule has 0 aliphatic heterocycles. The average Bonchev–Trinajstić information content (AvgIpc) is 2.18. The van der Waals surface area contributed by atoms with Crippen molar-refractivity contribution in [2.75, 3.05) is 14.2 Å². The predicted molar refractivity (Wildman–Crippen MR) is 55.3 cm³/mol. The summed E-state index contributed by atoms with van der Waals surface area (Å²) < 4.78 is 5.45. The molecule has 0 heterocycles. The SMILES string of the molecule is CNC(=O)N[C@H]1CCC[C@](C)(OC)C1. The van der Waals surface area contributed by atoms with Gasteiger partial charge in [-0.3, -0.25) is 0 Å². The van der Waals surface area contributed by atoms with E-state index >= 15 is 0 Å². The molecule has 1 aliphatic rings. The fraction of sp³-hybridized carbons (Fsp3) is 0.900. The summed E-state index contributed by atoms with van der Waals surface area (Å²) in [5.74, 6) is 0. The summed E-state index contributed by atoms with van der Waals surface area (Å²) in [5.41, 5.74) is -0.0655. The van der Waals surface area contributed by atoms with Crippen molar-refractivity contribution in [1.82, 2.24) is 10.6 Å². The average molecular weight is 200 g/mol. The van der Waals surface area contributed by atoms with E-state index in [0.29, 0.717) is 0 Å². The molecule has 1 aliphatic carbocycles. The number of urea groups is 1. The number of amides is 2. The Bertz CT molecular complexity index is 208. The molecule has 0 spiro atoms. The van der Waals surface area contributed by atoms with E-state index < -0.39 is 0 Å². The molecule has 0 saturated heterocycles. The number of nitrogens with one attached hydrogen (secondary N) is 2. The van der Waals surface area contributed by atoms with E-state index in [-0.39, 0.29) is 17.7 Å². The van der Waals surface area contributed by atoms with E-state index in [1.54, 1.807) is 14.2 Å². The topological polar surface area (TPSA) is 50.4 Å². The largest absolute Gasteiger partial charge is 0.378 e. The van der Waals surface area contributed by atoms with E-state index in [0.717, 1.165) is 25.7 Å². The van der Waals surface area contributed by atoms with E-state index in [4.69, 9.17) is 4.74 Å². The second-order valence-corrected chi connectivity index (χ2v) is 4.17. The molecule has 2 N–H and O–H groups in total. The third-order valence-electron chi connectivity index (χ3n) is 2.99. The highest BCUT2D eigenvalue weighted by Crippen LogP contribution is 2.30. The second kappa shape index (κ2) is 4.64. The molecule has 1 fully saturated rings. The fourth-order valence-electron chi connectivity index (χ4n) is 2.01. The van der Waals surface area contributed by atoms with Gasteiger partial charge in [0.15, 0.2) is 0 Å². The Balaban J connectivity index is 2.44. The zero-order valence-corrected chi connectivity index (χ0v) is 9.22. The number of ether oxygens (including phenoxy) is 1. The maximum atomic E-state index is 11.1. The highest BCUT2D eigenvalue weighted by molar-refractivity contribution is 5.73. The van der Waals surface area contributed by atoms with Crippen molar-refractivity contribution in [3.05, 3.63) is 0 Å². The van der Waals surface area contributed by atoms with Gasteiger partial charge in [-0.2, -0.15) is 0 Å². The van der Waals surface area contributed by atoms with Crippen LogP contribution in [0.2, 0.25) is 0 Å². The first-order valence-corrected chi connectivity index (χ1v) is 5.13. The highest BCUT2D eigenvalue weighted by Gasteiger charge is 2.32. The zero-order chi connectivity index (χ0) is 10.6.